The molecule has 1 aromatic carbocycles. The molecule has 0 aromatic heterocycles. The Hall–Kier alpha value is -0.420. The van der Waals surface area contributed by atoms with Crippen molar-refractivity contribution < 1.29 is 9.47 Å². The van der Waals surface area contributed by atoms with Crippen molar-refractivity contribution in [2.45, 2.75) is 26.0 Å². The normalized spacial score (nSPS) is 14.6. The van der Waals surface area contributed by atoms with Crippen LogP contribution in [0.1, 0.15) is 25.5 Å². The Labute approximate surface area is 111 Å². The van der Waals surface area contributed by atoms with E-state index in [4.69, 9.17) is 15.2 Å². The number of nitrogens with two attached hydrogens (primary N) is 1. The second-order valence-electron chi connectivity index (χ2n) is 3.90. The molecule has 0 amide bonds. The Morgan fingerprint density at radius 2 is 2.12 bits per heavy atom. The molecule has 0 saturated heterocycles. The monoisotopic (exact) mass is 301 g/mol. The van der Waals surface area contributed by atoms with Gasteiger partial charge in [-0.2, -0.15) is 0 Å². The first-order valence-electron chi connectivity index (χ1n) is 5.85. The fourth-order valence-corrected chi connectivity index (χ4v) is 2.03. The summed E-state index contributed by atoms with van der Waals surface area (Å²) in [5, 5.41) is 0. The third-order valence-corrected chi connectivity index (χ3v) is 2.88. The van der Waals surface area contributed by atoms with Crippen LogP contribution in [0, 0.1) is 0 Å². The minimum atomic E-state index is -0.0899. The van der Waals surface area contributed by atoms with Crippen molar-refractivity contribution in [3.05, 3.63) is 34.3 Å². The SMILES string of the molecule is CCOCCOC(c1cccc(Br)c1)C(C)N. The first kappa shape index (κ1) is 14.6. The van der Waals surface area contributed by atoms with Crippen molar-refractivity contribution in [2.24, 2.45) is 5.73 Å². The molecular weight excluding hydrogens is 282 g/mol. The van der Waals surface area contributed by atoms with E-state index in [0.717, 1.165) is 10.0 Å². The molecule has 1 rings (SSSR count). The molecule has 1 aromatic rings. The summed E-state index contributed by atoms with van der Waals surface area (Å²) in [7, 11) is 0. The standard InChI is InChI=1S/C13H20BrNO2/c1-3-16-7-8-17-13(10(2)15)11-5-4-6-12(14)9-11/h4-6,9-10,13H,3,7-8,15H2,1-2H3. The summed E-state index contributed by atoms with van der Waals surface area (Å²) >= 11 is 3.45. The fraction of sp³-hybridized carbons (Fsp3) is 0.538. The number of halogens is 1. The zero-order valence-electron chi connectivity index (χ0n) is 10.4. The molecule has 96 valence electrons. The van der Waals surface area contributed by atoms with E-state index in [1.807, 2.05) is 38.1 Å². The van der Waals surface area contributed by atoms with E-state index < -0.39 is 0 Å². The maximum Gasteiger partial charge on any atom is 0.0974 e. The van der Waals surface area contributed by atoms with Gasteiger partial charge in [0.15, 0.2) is 0 Å². The lowest BCUT2D eigenvalue weighted by Gasteiger charge is -2.22. The maximum atomic E-state index is 5.95. The summed E-state index contributed by atoms with van der Waals surface area (Å²) in [6.45, 7) is 5.80. The first-order chi connectivity index (χ1) is 8.15. The van der Waals surface area contributed by atoms with E-state index in [1.165, 1.54) is 0 Å². The van der Waals surface area contributed by atoms with Crippen LogP contribution in [0.2, 0.25) is 0 Å². The number of hydrogen-bond donors (Lipinski definition) is 1. The van der Waals surface area contributed by atoms with Crippen LogP contribution in [0.15, 0.2) is 28.7 Å². The third-order valence-electron chi connectivity index (χ3n) is 2.38. The zero-order chi connectivity index (χ0) is 12.7. The van der Waals surface area contributed by atoms with Gasteiger partial charge in [0.05, 0.1) is 19.3 Å². The average molecular weight is 302 g/mol. The van der Waals surface area contributed by atoms with Gasteiger partial charge in [0.1, 0.15) is 0 Å². The van der Waals surface area contributed by atoms with Gasteiger partial charge < -0.3 is 15.2 Å². The second kappa shape index (κ2) is 7.82. The van der Waals surface area contributed by atoms with Gasteiger partial charge >= 0.3 is 0 Å². The van der Waals surface area contributed by atoms with E-state index in [-0.39, 0.29) is 12.1 Å². The molecule has 2 N–H and O–H groups in total. The number of benzene rings is 1. The van der Waals surface area contributed by atoms with Crippen molar-refractivity contribution in [1.29, 1.82) is 0 Å². The highest BCUT2D eigenvalue weighted by molar-refractivity contribution is 9.10. The summed E-state index contributed by atoms with van der Waals surface area (Å²) < 4.78 is 12.1. The number of rotatable bonds is 7. The minimum absolute atomic E-state index is 0.0501. The third kappa shape index (κ3) is 5.17. The second-order valence-corrected chi connectivity index (χ2v) is 4.82. The van der Waals surface area contributed by atoms with Gasteiger partial charge in [-0.15, -0.1) is 0 Å². The van der Waals surface area contributed by atoms with E-state index in [9.17, 15) is 0 Å². The Bertz CT molecular complexity index is 331. The smallest absolute Gasteiger partial charge is 0.0974 e. The Morgan fingerprint density at radius 1 is 1.35 bits per heavy atom. The van der Waals surface area contributed by atoms with Gasteiger partial charge in [0, 0.05) is 17.1 Å². The molecule has 0 spiro atoms. The molecule has 0 bridgehead atoms. The van der Waals surface area contributed by atoms with Crippen molar-refractivity contribution in [3.63, 3.8) is 0 Å². The van der Waals surface area contributed by atoms with E-state index in [1.54, 1.807) is 0 Å². The topological polar surface area (TPSA) is 44.5 Å². The van der Waals surface area contributed by atoms with Gasteiger partial charge in [-0.25, -0.2) is 0 Å². The van der Waals surface area contributed by atoms with Crippen molar-refractivity contribution in [2.75, 3.05) is 19.8 Å². The molecule has 0 aliphatic carbocycles. The highest BCUT2D eigenvalue weighted by Gasteiger charge is 2.16. The van der Waals surface area contributed by atoms with Crippen LogP contribution in [0.25, 0.3) is 0 Å². The molecule has 17 heavy (non-hydrogen) atoms. The average Bonchev–Trinajstić information content (AvgIpc) is 2.28. The van der Waals surface area contributed by atoms with Crippen molar-refractivity contribution in [3.8, 4) is 0 Å². The van der Waals surface area contributed by atoms with Gasteiger partial charge in [0.2, 0.25) is 0 Å². The molecular formula is C13H20BrNO2. The molecule has 2 unspecified atom stereocenters. The lowest BCUT2D eigenvalue weighted by Crippen LogP contribution is -2.28. The van der Waals surface area contributed by atoms with E-state index >= 15 is 0 Å². The highest BCUT2D eigenvalue weighted by atomic mass is 79.9. The molecule has 0 aliphatic heterocycles. The van der Waals surface area contributed by atoms with Crippen LogP contribution in [-0.4, -0.2) is 25.9 Å². The summed E-state index contributed by atoms with van der Waals surface area (Å²) in [6.07, 6.45) is -0.0899. The Morgan fingerprint density at radius 3 is 2.71 bits per heavy atom. The van der Waals surface area contributed by atoms with Crippen LogP contribution < -0.4 is 5.73 Å². The zero-order valence-corrected chi connectivity index (χ0v) is 11.9. The molecule has 0 heterocycles. The van der Waals surface area contributed by atoms with E-state index in [0.29, 0.717) is 19.8 Å². The Balaban J connectivity index is 2.59. The molecule has 0 saturated carbocycles. The lowest BCUT2D eigenvalue weighted by atomic mass is 10.0. The quantitative estimate of drug-likeness (QED) is 0.788. The highest BCUT2D eigenvalue weighted by Crippen LogP contribution is 2.23. The number of ether oxygens (including phenoxy) is 2. The van der Waals surface area contributed by atoms with E-state index in [2.05, 4.69) is 15.9 Å². The summed E-state index contributed by atoms with van der Waals surface area (Å²) in [4.78, 5) is 0. The van der Waals surface area contributed by atoms with Crippen molar-refractivity contribution in [1.82, 2.24) is 0 Å². The van der Waals surface area contributed by atoms with Gasteiger partial charge in [-0.05, 0) is 31.5 Å². The fourth-order valence-electron chi connectivity index (χ4n) is 1.61. The van der Waals surface area contributed by atoms with Gasteiger partial charge in [-0.1, -0.05) is 28.1 Å². The predicted octanol–water partition coefficient (Wildman–Crippen LogP) is 2.89. The van der Waals surface area contributed by atoms with Crippen LogP contribution >= 0.6 is 15.9 Å². The molecule has 0 fully saturated rings. The van der Waals surface area contributed by atoms with Gasteiger partial charge in [-0.3, -0.25) is 0 Å². The van der Waals surface area contributed by atoms with Crippen LogP contribution in [0.3, 0.4) is 0 Å². The summed E-state index contributed by atoms with van der Waals surface area (Å²) in [5.41, 5.74) is 7.04. The van der Waals surface area contributed by atoms with Crippen LogP contribution in [-0.2, 0) is 9.47 Å². The van der Waals surface area contributed by atoms with Crippen molar-refractivity contribution >= 4 is 15.9 Å². The number of hydrogen-bond acceptors (Lipinski definition) is 3. The molecule has 0 radical (unpaired) electrons. The molecule has 2 atom stereocenters. The largest absolute Gasteiger partial charge is 0.379 e. The molecule has 0 aliphatic rings. The lowest BCUT2D eigenvalue weighted by molar-refractivity contribution is -0.00244. The predicted molar refractivity (Wildman–Crippen MR) is 73.0 cm³/mol. The van der Waals surface area contributed by atoms with Crippen LogP contribution in [0.4, 0.5) is 0 Å². The molecule has 3 nitrogen and oxygen atoms in total. The Kier molecular flexibility index (Phi) is 6.73. The first-order valence-corrected chi connectivity index (χ1v) is 6.64. The van der Waals surface area contributed by atoms with Crippen LogP contribution in [0.5, 0.6) is 0 Å². The summed E-state index contributed by atoms with van der Waals surface area (Å²) in [5.74, 6) is 0. The maximum absolute atomic E-state index is 5.95. The summed E-state index contributed by atoms with van der Waals surface area (Å²) in [6, 6.07) is 7.99. The van der Waals surface area contributed by atoms with Gasteiger partial charge in [0.25, 0.3) is 0 Å². The molecule has 4 heteroatoms. The minimum Gasteiger partial charge on any atom is -0.379 e.